The van der Waals surface area contributed by atoms with E-state index >= 15 is 0 Å². The molecule has 0 aliphatic heterocycles. The van der Waals surface area contributed by atoms with Crippen LogP contribution in [0.15, 0.2) is 23.0 Å². The number of nitrogens with one attached hydrogen (secondary N) is 2. The molecular weight excluding hydrogens is 290 g/mol. The van der Waals surface area contributed by atoms with Crippen LogP contribution in [0.5, 0.6) is 0 Å². The number of benzene rings is 1. The van der Waals surface area contributed by atoms with Crippen molar-refractivity contribution in [1.82, 2.24) is 9.97 Å². The molecule has 0 atom stereocenters. The highest BCUT2D eigenvalue weighted by Crippen LogP contribution is 2.22. The van der Waals surface area contributed by atoms with Crippen molar-refractivity contribution in [2.45, 2.75) is 47.0 Å². The topological polar surface area (TPSA) is 74.8 Å². The largest absolute Gasteiger partial charge is 0.325 e. The van der Waals surface area contributed by atoms with E-state index in [2.05, 4.69) is 29.1 Å². The fourth-order valence-electron chi connectivity index (χ4n) is 2.71. The zero-order chi connectivity index (χ0) is 17.0. The summed E-state index contributed by atoms with van der Waals surface area (Å²) in [5.74, 6) is 0.362. The number of H-pyrrole nitrogens is 1. The lowest BCUT2D eigenvalue weighted by molar-refractivity contribution is -0.115. The van der Waals surface area contributed by atoms with Crippen molar-refractivity contribution >= 4 is 11.6 Å². The van der Waals surface area contributed by atoms with Crippen LogP contribution in [0.3, 0.4) is 0 Å². The van der Waals surface area contributed by atoms with Gasteiger partial charge in [0.05, 0.1) is 6.42 Å². The van der Waals surface area contributed by atoms with Gasteiger partial charge in [-0.15, -0.1) is 0 Å². The molecule has 0 bridgehead atoms. The number of hydrogen-bond donors (Lipinski definition) is 2. The normalized spacial score (nSPS) is 10.6. The molecule has 0 spiro atoms. The highest BCUT2D eigenvalue weighted by Gasteiger charge is 2.14. The molecule has 2 aromatic rings. The summed E-state index contributed by atoms with van der Waals surface area (Å²) in [6.07, 6.45) is 1.71. The Morgan fingerprint density at radius 3 is 2.30 bits per heavy atom. The standard InChI is InChI=1S/C18H23N3O2/c1-5-13-8-7-9-14(6-2)17(13)21-16(22)10-15-11(3)19-12(4)20-18(15)23/h7-9H,5-6,10H2,1-4H3,(H,21,22)(H,19,20,23). The van der Waals surface area contributed by atoms with Gasteiger partial charge in [-0.2, -0.15) is 0 Å². The molecule has 1 amide bonds. The number of carbonyl (C=O) groups excluding carboxylic acids is 1. The number of hydrogen-bond acceptors (Lipinski definition) is 3. The van der Waals surface area contributed by atoms with Crippen molar-refractivity contribution < 1.29 is 4.79 Å². The number of anilines is 1. The third-order valence-electron chi connectivity index (χ3n) is 3.94. The van der Waals surface area contributed by atoms with Gasteiger partial charge in [0.25, 0.3) is 5.56 Å². The van der Waals surface area contributed by atoms with Crippen LogP contribution in [0.25, 0.3) is 0 Å². The first-order chi connectivity index (χ1) is 11.0. The van der Waals surface area contributed by atoms with Gasteiger partial charge >= 0.3 is 0 Å². The Hall–Kier alpha value is -2.43. The Kier molecular flexibility index (Phi) is 5.32. The van der Waals surface area contributed by atoms with Gasteiger partial charge in [-0.1, -0.05) is 32.0 Å². The predicted octanol–water partition coefficient (Wildman–Crippen LogP) is 2.69. The molecule has 122 valence electrons. The lowest BCUT2D eigenvalue weighted by Gasteiger charge is -2.14. The van der Waals surface area contributed by atoms with E-state index in [4.69, 9.17) is 0 Å². The number of aromatic amines is 1. The first kappa shape index (κ1) is 16.9. The SMILES string of the molecule is CCc1cccc(CC)c1NC(=O)Cc1c(C)nc(C)[nH]c1=O. The van der Waals surface area contributed by atoms with E-state index in [1.54, 1.807) is 13.8 Å². The van der Waals surface area contributed by atoms with Crippen molar-refractivity contribution in [3.63, 3.8) is 0 Å². The molecule has 0 fully saturated rings. The number of nitrogens with zero attached hydrogens (tertiary/aromatic N) is 1. The summed E-state index contributed by atoms with van der Waals surface area (Å²) in [7, 11) is 0. The van der Waals surface area contributed by atoms with Crippen LogP contribution in [0, 0.1) is 13.8 Å². The molecule has 2 rings (SSSR count). The number of carbonyl (C=O) groups is 1. The minimum atomic E-state index is -0.246. The van der Waals surface area contributed by atoms with Crippen LogP contribution < -0.4 is 10.9 Å². The van der Waals surface area contributed by atoms with Crippen molar-refractivity contribution in [2.24, 2.45) is 0 Å². The van der Waals surface area contributed by atoms with E-state index < -0.39 is 0 Å². The molecule has 5 heteroatoms. The monoisotopic (exact) mass is 313 g/mol. The number of rotatable bonds is 5. The first-order valence-electron chi connectivity index (χ1n) is 7.93. The van der Waals surface area contributed by atoms with Gasteiger partial charge < -0.3 is 10.3 Å². The maximum atomic E-state index is 12.4. The molecular formula is C18H23N3O2. The Morgan fingerprint density at radius 2 is 1.78 bits per heavy atom. The van der Waals surface area contributed by atoms with Gasteiger partial charge in [0.2, 0.25) is 5.91 Å². The second kappa shape index (κ2) is 7.22. The van der Waals surface area contributed by atoms with Gasteiger partial charge in [-0.3, -0.25) is 9.59 Å². The quantitative estimate of drug-likeness (QED) is 0.891. The Balaban J connectivity index is 2.26. The molecule has 0 aliphatic carbocycles. The highest BCUT2D eigenvalue weighted by atomic mass is 16.2. The maximum Gasteiger partial charge on any atom is 0.254 e. The Bertz CT molecular complexity index is 756. The van der Waals surface area contributed by atoms with Crippen LogP contribution in [-0.2, 0) is 24.1 Å². The summed E-state index contributed by atoms with van der Waals surface area (Å²) in [5, 5.41) is 2.98. The zero-order valence-corrected chi connectivity index (χ0v) is 14.1. The molecule has 0 saturated heterocycles. The average molecular weight is 313 g/mol. The minimum Gasteiger partial charge on any atom is -0.325 e. The molecule has 0 aliphatic rings. The summed E-state index contributed by atoms with van der Waals surface area (Å²) < 4.78 is 0. The van der Waals surface area contributed by atoms with Gasteiger partial charge in [0.1, 0.15) is 5.82 Å². The lowest BCUT2D eigenvalue weighted by atomic mass is 10.0. The lowest BCUT2D eigenvalue weighted by Crippen LogP contribution is -2.24. The summed E-state index contributed by atoms with van der Waals surface area (Å²) in [5.41, 5.74) is 3.85. The van der Waals surface area contributed by atoms with Crippen molar-refractivity contribution in [3.8, 4) is 0 Å². The molecule has 0 radical (unpaired) electrons. The van der Waals surface area contributed by atoms with Gasteiger partial charge in [-0.25, -0.2) is 4.98 Å². The van der Waals surface area contributed by atoms with E-state index in [0.717, 1.165) is 29.7 Å². The van der Waals surface area contributed by atoms with Crippen LogP contribution in [-0.4, -0.2) is 15.9 Å². The summed E-state index contributed by atoms with van der Waals surface area (Å²) in [4.78, 5) is 31.3. The van der Waals surface area contributed by atoms with E-state index in [9.17, 15) is 9.59 Å². The van der Waals surface area contributed by atoms with Crippen molar-refractivity contribution in [3.05, 3.63) is 56.8 Å². The second-order valence-corrected chi connectivity index (χ2v) is 5.60. The van der Waals surface area contributed by atoms with E-state index in [0.29, 0.717) is 17.1 Å². The number of para-hydroxylation sites is 1. The summed E-state index contributed by atoms with van der Waals surface area (Å²) in [6, 6.07) is 6.03. The van der Waals surface area contributed by atoms with Gasteiger partial charge in [0.15, 0.2) is 0 Å². The number of aryl methyl sites for hydroxylation is 4. The molecule has 1 aromatic heterocycles. The van der Waals surface area contributed by atoms with Crippen LogP contribution >= 0.6 is 0 Å². The maximum absolute atomic E-state index is 12.4. The smallest absolute Gasteiger partial charge is 0.254 e. The van der Waals surface area contributed by atoms with Crippen molar-refractivity contribution in [1.29, 1.82) is 0 Å². The molecule has 1 heterocycles. The van der Waals surface area contributed by atoms with Crippen LogP contribution in [0.2, 0.25) is 0 Å². The molecule has 23 heavy (non-hydrogen) atoms. The second-order valence-electron chi connectivity index (χ2n) is 5.60. The minimum absolute atomic E-state index is 0.0235. The van der Waals surface area contributed by atoms with Gasteiger partial charge in [0, 0.05) is 16.9 Å². The predicted molar refractivity (Wildman–Crippen MR) is 91.9 cm³/mol. The molecule has 5 nitrogen and oxygen atoms in total. The van der Waals surface area contributed by atoms with E-state index in [-0.39, 0.29) is 17.9 Å². The number of aromatic nitrogens is 2. The first-order valence-corrected chi connectivity index (χ1v) is 7.93. The average Bonchev–Trinajstić information content (AvgIpc) is 2.51. The zero-order valence-electron chi connectivity index (χ0n) is 14.1. The fraction of sp³-hybridized carbons (Fsp3) is 0.389. The Labute approximate surface area is 136 Å². The third kappa shape index (κ3) is 3.86. The van der Waals surface area contributed by atoms with Crippen LogP contribution in [0.1, 0.15) is 42.1 Å². The molecule has 1 aromatic carbocycles. The summed E-state index contributed by atoms with van der Waals surface area (Å²) >= 11 is 0. The Morgan fingerprint density at radius 1 is 1.17 bits per heavy atom. The van der Waals surface area contributed by atoms with Crippen LogP contribution in [0.4, 0.5) is 5.69 Å². The van der Waals surface area contributed by atoms with E-state index in [1.165, 1.54) is 0 Å². The van der Waals surface area contributed by atoms with E-state index in [1.807, 2.05) is 18.2 Å². The number of amides is 1. The summed E-state index contributed by atoms with van der Waals surface area (Å²) in [6.45, 7) is 7.60. The molecule has 0 unspecified atom stereocenters. The molecule has 2 N–H and O–H groups in total. The van der Waals surface area contributed by atoms with Gasteiger partial charge in [-0.05, 0) is 37.8 Å². The fourth-order valence-corrected chi connectivity index (χ4v) is 2.71. The molecule has 0 saturated carbocycles. The highest BCUT2D eigenvalue weighted by molar-refractivity contribution is 5.93. The third-order valence-corrected chi connectivity index (χ3v) is 3.94. The van der Waals surface area contributed by atoms with Crippen molar-refractivity contribution in [2.75, 3.05) is 5.32 Å².